The Morgan fingerprint density at radius 2 is 1.73 bits per heavy atom. The second-order valence-electron chi connectivity index (χ2n) is 3.95. The van der Waals surface area contributed by atoms with E-state index in [1.54, 1.807) is 0 Å². The highest BCUT2D eigenvalue weighted by Gasteiger charge is 2.12. The molecule has 1 nitrogen and oxygen atoms in total. The topological polar surface area (TPSA) is 12.0 Å². The molecule has 0 aromatic carbocycles. The van der Waals surface area contributed by atoms with Gasteiger partial charge in [-0.1, -0.05) is 26.2 Å². The summed E-state index contributed by atoms with van der Waals surface area (Å²) in [5.74, 6) is 0.964. The van der Waals surface area contributed by atoms with Gasteiger partial charge in [0.25, 0.3) is 0 Å². The molecule has 1 heteroatoms. The first-order valence-corrected chi connectivity index (χ1v) is 5.00. The molecule has 0 bridgehead atoms. The summed E-state index contributed by atoms with van der Waals surface area (Å²) in [5, 5.41) is 3.39. The van der Waals surface area contributed by atoms with Crippen molar-refractivity contribution in [2.45, 2.75) is 51.5 Å². The van der Waals surface area contributed by atoms with Crippen LogP contribution in [0.15, 0.2) is 0 Å². The molecule has 0 aromatic rings. The lowest BCUT2D eigenvalue weighted by Gasteiger charge is -2.22. The first-order valence-electron chi connectivity index (χ1n) is 5.00. The summed E-state index contributed by atoms with van der Waals surface area (Å²) < 4.78 is 0. The summed E-state index contributed by atoms with van der Waals surface area (Å²) in [7, 11) is 2.09. The third kappa shape index (κ3) is 3.24. The number of nitrogens with one attached hydrogen (secondary N) is 1. The monoisotopic (exact) mass is 155 g/mol. The molecule has 1 aliphatic carbocycles. The molecule has 0 heterocycles. The molecular formula is C10H21N. The van der Waals surface area contributed by atoms with Crippen LogP contribution in [0.3, 0.4) is 0 Å². The van der Waals surface area contributed by atoms with Crippen molar-refractivity contribution < 1.29 is 0 Å². The molecule has 2 unspecified atom stereocenters. The van der Waals surface area contributed by atoms with Crippen LogP contribution in [0.4, 0.5) is 0 Å². The minimum absolute atomic E-state index is 0.803. The van der Waals surface area contributed by atoms with Gasteiger partial charge < -0.3 is 5.32 Å². The van der Waals surface area contributed by atoms with Gasteiger partial charge in [-0.3, -0.25) is 0 Å². The largest absolute Gasteiger partial charge is 0.317 e. The Morgan fingerprint density at radius 3 is 2.45 bits per heavy atom. The molecule has 11 heavy (non-hydrogen) atoms. The average molecular weight is 155 g/mol. The summed E-state index contributed by atoms with van der Waals surface area (Å²) in [6.45, 7) is 2.39. The second kappa shape index (κ2) is 4.76. The Bertz CT molecular complexity index is 101. The number of hydrogen-bond donors (Lipinski definition) is 1. The van der Waals surface area contributed by atoms with Crippen LogP contribution < -0.4 is 5.32 Å². The fourth-order valence-corrected chi connectivity index (χ4v) is 1.95. The zero-order valence-corrected chi connectivity index (χ0v) is 7.90. The van der Waals surface area contributed by atoms with Crippen LogP contribution in [0.1, 0.15) is 45.4 Å². The third-order valence-electron chi connectivity index (χ3n) is 2.92. The first kappa shape index (κ1) is 9.05. The SMILES string of the molecule is CNC1CCCCC(C)CC1. The van der Waals surface area contributed by atoms with Gasteiger partial charge in [-0.05, 0) is 32.2 Å². The molecule has 0 radical (unpaired) electrons. The lowest BCUT2D eigenvalue weighted by Crippen LogP contribution is -2.26. The fourth-order valence-electron chi connectivity index (χ4n) is 1.95. The molecular weight excluding hydrogens is 134 g/mol. The maximum atomic E-state index is 3.39. The smallest absolute Gasteiger partial charge is 0.00641 e. The minimum Gasteiger partial charge on any atom is -0.317 e. The Balaban J connectivity index is 2.25. The predicted molar refractivity (Wildman–Crippen MR) is 49.7 cm³/mol. The molecule has 0 aliphatic heterocycles. The van der Waals surface area contributed by atoms with Crippen LogP contribution in [0.25, 0.3) is 0 Å². The Kier molecular flexibility index (Phi) is 3.92. The zero-order chi connectivity index (χ0) is 8.10. The van der Waals surface area contributed by atoms with E-state index in [1.165, 1.54) is 38.5 Å². The maximum absolute atomic E-state index is 3.39. The summed E-state index contributed by atoms with van der Waals surface area (Å²) in [4.78, 5) is 0. The van der Waals surface area contributed by atoms with Crippen LogP contribution in [-0.2, 0) is 0 Å². The van der Waals surface area contributed by atoms with E-state index >= 15 is 0 Å². The van der Waals surface area contributed by atoms with E-state index in [0.29, 0.717) is 0 Å². The third-order valence-corrected chi connectivity index (χ3v) is 2.92. The Labute approximate surface area is 70.6 Å². The van der Waals surface area contributed by atoms with Crippen molar-refractivity contribution in [3.05, 3.63) is 0 Å². The van der Waals surface area contributed by atoms with Crippen molar-refractivity contribution in [1.29, 1.82) is 0 Å². The van der Waals surface area contributed by atoms with Crippen LogP contribution >= 0.6 is 0 Å². The fraction of sp³-hybridized carbons (Fsp3) is 1.00. The quantitative estimate of drug-likeness (QED) is 0.613. The van der Waals surface area contributed by atoms with E-state index in [0.717, 1.165) is 12.0 Å². The van der Waals surface area contributed by atoms with Crippen molar-refractivity contribution in [2.75, 3.05) is 7.05 Å². The van der Waals surface area contributed by atoms with Gasteiger partial charge in [-0.2, -0.15) is 0 Å². The van der Waals surface area contributed by atoms with E-state index in [2.05, 4.69) is 19.3 Å². The van der Waals surface area contributed by atoms with E-state index in [-0.39, 0.29) is 0 Å². The average Bonchev–Trinajstić information content (AvgIpc) is 1.98. The highest BCUT2D eigenvalue weighted by atomic mass is 14.9. The van der Waals surface area contributed by atoms with Crippen LogP contribution in [0.5, 0.6) is 0 Å². The van der Waals surface area contributed by atoms with Gasteiger partial charge in [0.1, 0.15) is 0 Å². The molecule has 0 spiro atoms. The van der Waals surface area contributed by atoms with Crippen LogP contribution in [0, 0.1) is 5.92 Å². The van der Waals surface area contributed by atoms with Crippen LogP contribution in [0.2, 0.25) is 0 Å². The van der Waals surface area contributed by atoms with Crippen molar-refractivity contribution >= 4 is 0 Å². The van der Waals surface area contributed by atoms with E-state index < -0.39 is 0 Å². The van der Waals surface area contributed by atoms with Crippen molar-refractivity contribution in [1.82, 2.24) is 5.32 Å². The Hall–Kier alpha value is -0.0400. The van der Waals surface area contributed by atoms with Crippen molar-refractivity contribution in [2.24, 2.45) is 5.92 Å². The summed E-state index contributed by atoms with van der Waals surface area (Å²) in [5.41, 5.74) is 0. The summed E-state index contributed by atoms with van der Waals surface area (Å²) in [6.07, 6.45) is 8.53. The van der Waals surface area contributed by atoms with Crippen molar-refractivity contribution in [3.63, 3.8) is 0 Å². The molecule has 0 saturated heterocycles. The van der Waals surface area contributed by atoms with Gasteiger partial charge in [0, 0.05) is 6.04 Å². The molecule has 2 atom stereocenters. The molecule has 1 aliphatic rings. The molecule has 0 amide bonds. The lowest BCUT2D eigenvalue weighted by molar-refractivity contribution is 0.351. The molecule has 1 rings (SSSR count). The first-order chi connectivity index (χ1) is 5.33. The van der Waals surface area contributed by atoms with Gasteiger partial charge in [-0.25, -0.2) is 0 Å². The predicted octanol–water partition coefficient (Wildman–Crippen LogP) is 2.56. The van der Waals surface area contributed by atoms with Crippen molar-refractivity contribution in [3.8, 4) is 0 Å². The van der Waals surface area contributed by atoms with Crippen LogP contribution in [-0.4, -0.2) is 13.1 Å². The Morgan fingerprint density at radius 1 is 1.00 bits per heavy atom. The van der Waals surface area contributed by atoms with Gasteiger partial charge in [0.15, 0.2) is 0 Å². The van der Waals surface area contributed by atoms with Gasteiger partial charge in [0.05, 0.1) is 0 Å². The zero-order valence-electron chi connectivity index (χ0n) is 7.90. The minimum atomic E-state index is 0.803. The second-order valence-corrected chi connectivity index (χ2v) is 3.95. The molecule has 1 N–H and O–H groups in total. The van der Waals surface area contributed by atoms with Gasteiger partial charge in [-0.15, -0.1) is 0 Å². The number of rotatable bonds is 1. The highest BCUT2D eigenvalue weighted by molar-refractivity contribution is 4.69. The molecule has 1 fully saturated rings. The lowest BCUT2D eigenvalue weighted by atomic mass is 9.90. The normalized spacial score (nSPS) is 34.4. The standard InChI is InChI=1S/C10H21N/c1-9-5-3-4-6-10(11-2)8-7-9/h9-11H,3-8H2,1-2H3. The summed E-state index contributed by atoms with van der Waals surface area (Å²) >= 11 is 0. The summed E-state index contributed by atoms with van der Waals surface area (Å²) in [6, 6.07) is 0.803. The van der Waals surface area contributed by atoms with E-state index in [1.807, 2.05) is 0 Å². The maximum Gasteiger partial charge on any atom is 0.00641 e. The number of hydrogen-bond acceptors (Lipinski definition) is 1. The van der Waals surface area contributed by atoms with Gasteiger partial charge in [0.2, 0.25) is 0 Å². The highest BCUT2D eigenvalue weighted by Crippen LogP contribution is 2.21. The van der Waals surface area contributed by atoms with E-state index in [9.17, 15) is 0 Å². The van der Waals surface area contributed by atoms with E-state index in [4.69, 9.17) is 0 Å². The molecule has 1 saturated carbocycles. The molecule has 66 valence electrons. The molecule has 0 aromatic heterocycles. The van der Waals surface area contributed by atoms with Gasteiger partial charge >= 0.3 is 0 Å².